The summed E-state index contributed by atoms with van der Waals surface area (Å²) in [5.41, 5.74) is 0.960. The molecule has 0 amide bonds. The van der Waals surface area contributed by atoms with Crippen molar-refractivity contribution in [2.24, 2.45) is 40.4 Å². The molecule has 0 spiro atoms. The van der Waals surface area contributed by atoms with Gasteiger partial charge in [-0.15, -0.1) is 0 Å². The quantitative estimate of drug-likeness (QED) is 0.712. The molecule has 4 fully saturated rings. The summed E-state index contributed by atoms with van der Waals surface area (Å²) in [5.74, 6) is 3.33. The zero-order chi connectivity index (χ0) is 22.7. The molecule has 0 radical (unpaired) electrons. The zero-order valence-corrected chi connectivity index (χ0v) is 20.5. The maximum Gasteiger partial charge on any atom is 0.157 e. The van der Waals surface area contributed by atoms with Gasteiger partial charge >= 0.3 is 0 Å². The SMILES string of the molecule is COC[C@@]1(O)CC[C@@]2(C)[C@@H](CC[C@@H]3[C@@H]2CC[C@]2(C)[C@@H](C(=O)Cn4cc(C)cn4)CC[C@@H]32)C1. The Labute approximate surface area is 193 Å². The molecule has 1 aromatic heterocycles. The van der Waals surface area contributed by atoms with Crippen molar-refractivity contribution in [3.63, 3.8) is 0 Å². The number of fused-ring (bicyclic) bond motifs is 5. The van der Waals surface area contributed by atoms with Crippen molar-refractivity contribution >= 4 is 5.78 Å². The van der Waals surface area contributed by atoms with E-state index < -0.39 is 5.60 Å². The molecule has 5 heteroatoms. The van der Waals surface area contributed by atoms with E-state index in [0.717, 1.165) is 43.1 Å². The number of ether oxygens (including phenoxy) is 1. The van der Waals surface area contributed by atoms with Crippen molar-refractivity contribution in [3.8, 4) is 0 Å². The standard InChI is InChI=1S/C27H42N2O3/c1-18-14-28-29(15-18)16-24(30)23-8-7-21-20-6-5-19-13-27(31,17-32-4)12-11-25(19,2)22(20)9-10-26(21,23)3/h14-15,19-23,31H,5-13,16-17H2,1-4H3/t19-,20-,21-,22-,23+,25-,26-,27+/m0/s1. The van der Waals surface area contributed by atoms with Crippen molar-refractivity contribution in [3.05, 3.63) is 18.0 Å². The lowest BCUT2D eigenvalue weighted by molar-refractivity contribution is -0.164. The van der Waals surface area contributed by atoms with Crippen LogP contribution in [0.3, 0.4) is 0 Å². The summed E-state index contributed by atoms with van der Waals surface area (Å²) in [4.78, 5) is 13.4. The number of aliphatic hydroxyl groups is 1. The van der Waals surface area contributed by atoms with Crippen molar-refractivity contribution in [1.29, 1.82) is 0 Å². The molecule has 0 aliphatic heterocycles. The van der Waals surface area contributed by atoms with E-state index >= 15 is 0 Å². The Morgan fingerprint density at radius 2 is 1.91 bits per heavy atom. The van der Waals surface area contributed by atoms with Gasteiger partial charge in [-0.05, 0) is 105 Å². The molecule has 4 aliphatic carbocycles. The van der Waals surface area contributed by atoms with Crippen LogP contribution in [0.5, 0.6) is 0 Å². The number of hydrogen-bond donors (Lipinski definition) is 1. The third-order valence-corrected chi connectivity index (χ3v) is 10.7. The predicted octanol–water partition coefficient (Wildman–Crippen LogP) is 4.80. The molecule has 1 aromatic rings. The first-order valence-electron chi connectivity index (χ1n) is 12.9. The maximum absolute atomic E-state index is 13.4. The van der Waals surface area contributed by atoms with Crippen molar-refractivity contribution in [1.82, 2.24) is 9.78 Å². The molecule has 32 heavy (non-hydrogen) atoms. The number of hydrogen-bond acceptors (Lipinski definition) is 4. The van der Waals surface area contributed by atoms with Crippen LogP contribution >= 0.6 is 0 Å². The average molecular weight is 443 g/mol. The summed E-state index contributed by atoms with van der Waals surface area (Å²) in [5, 5.41) is 15.4. The van der Waals surface area contributed by atoms with Crippen LogP contribution in [0, 0.1) is 47.3 Å². The van der Waals surface area contributed by atoms with Gasteiger partial charge in [0.05, 0.1) is 24.9 Å². The van der Waals surface area contributed by atoms with Crippen LogP contribution in [0.25, 0.3) is 0 Å². The highest BCUT2D eigenvalue weighted by atomic mass is 16.5. The Bertz CT molecular complexity index is 867. The van der Waals surface area contributed by atoms with Crippen LogP contribution in [-0.4, -0.2) is 40.0 Å². The Balaban J connectivity index is 1.32. The number of aromatic nitrogens is 2. The monoisotopic (exact) mass is 442 g/mol. The molecule has 0 bridgehead atoms. The van der Waals surface area contributed by atoms with Gasteiger partial charge in [0, 0.05) is 19.2 Å². The minimum atomic E-state index is -0.634. The fourth-order valence-electron chi connectivity index (χ4n) is 9.07. The smallest absolute Gasteiger partial charge is 0.157 e. The van der Waals surface area contributed by atoms with Crippen LogP contribution in [0.15, 0.2) is 12.4 Å². The summed E-state index contributed by atoms with van der Waals surface area (Å²) in [6.07, 6.45) is 13.9. The molecule has 4 aliphatic rings. The lowest BCUT2D eigenvalue weighted by Crippen LogP contribution is -2.56. The molecule has 0 saturated heterocycles. The minimum Gasteiger partial charge on any atom is -0.387 e. The van der Waals surface area contributed by atoms with Gasteiger partial charge in [0.15, 0.2) is 5.78 Å². The van der Waals surface area contributed by atoms with E-state index in [2.05, 4.69) is 18.9 Å². The Morgan fingerprint density at radius 3 is 2.62 bits per heavy atom. The van der Waals surface area contributed by atoms with E-state index in [4.69, 9.17) is 4.74 Å². The maximum atomic E-state index is 13.4. The predicted molar refractivity (Wildman–Crippen MR) is 124 cm³/mol. The van der Waals surface area contributed by atoms with Crippen molar-refractivity contribution in [2.75, 3.05) is 13.7 Å². The largest absolute Gasteiger partial charge is 0.387 e. The third kappa shape index (κ3) is 3.50. The minimum absolute atomic E-state index is 0.148. The Morgan fingerprint density at radius 1 is 1.12 bits per heavy atom. The van der Waals surface area contributed by atoms with Gasteiger partial charge in [0.2, 0.25) is 0 Å². The second kappa shape index (κ2) is 7.94. The molecule has 8 atom stereocenters. The lowest BCUT2D eigenvalue weighted by atomic mass is 9.44. The fraction of sp³-hybridized carbons (Fsp3) is 0.852. The highest BCUT2D eigenvalue weighted by Crippen LogP contribution is 2.68. The molecule has 178 valence electrons. The van der Waals surface area contributed by atoms with Crippen LogP contribution in [0.1, 0.15) is 77.2 Å². The van der Waals surface area contributed by atoms with Crippen LogP contribution in [-0.2, 0) is 16.1 Å². The Kier molecular flexibility index (Phi) is 5.60. The molecule has 4 saturated carbocycles. The average Bonchev–Trinajstić information content (AvgIpc) is 3.31. The molecule has 0 aromatic carbocycles. The summed E-state index contributed by atoms with van der Waals surface area (Å²) >= 11 is 0. The molecule has 0 unspecified atom stereocenters. The topological polar surface area (TPSA) is 64.3 Å². The van der Waals surface area contributed by atoms with Gasteiger partial charge in [-0.1, -0.05) is 13.8 Å². The van der Waals surface area contributed by atoms with Crippen molar-refractivity contribution in [2.45, 2.75) is 90.7 Å². The Hall–Kier alpha value is -1.20. The van der Waals surface area contributed by atoms with Gasteiger partial charge in [0.1, 0.15) is 0 Å². The lowest BCUT2D eigenvalue weighted by Gasteiger charge is -2.62. The number of aryl methyl sites for hydroxylation is 1. The second-order valence-corrected chi connectivity index (χ2v) is 12.4. The summed E-state index contributed by atoms with van der Waals surface area (Å²) < 4.78 is 7.19. The highest BCUT2D eigenvalue weighted by molar-refractivity contribution is 5.82. The summed E-state index contributed by atoms with van der Waals surface area (Å²) in [6.45, 7) is 7.88. The van der Waals surface area contributed by atoms with Gasteiger partial charge in [-0.25, -0.2) is 0 Å². The van der Waals surface area contributed by atoms with E-state index in [1.807, 2.05) is 24.0 Å². The van der Waals surface area contributed by atoms with Gasteiger partial charge in [-0.3, -0.25) is 9.48 Å². The van der Waals surface area contributed by atoms with E-state index in [1.54, 1.807) is 7.11 Å². The van der Waals surface area contributed by atoms with Crippen LogP contribution in [0.4, 0.5) is 0 Å². The molecule has 1 N–H and O–H groups in total. The molecule has 5 nitrogen and oxygen atoms in total. The number of Topliss-reactive ketones (excluding diaryl/α,β-unsaturated/α-hetero) is 1. The van der Waals surface area contributed by atoms with Gasteiger partial charge in [-0.2, -0.15) is 5.10 Å². The number of ketones is 1. The molecule has 1 heterocycles. The normalized spacial score (nSPS) is 45.7. The van der Waals surface area contributed by atoms with Gasteiger partial charge in [0.25, 0.3) is 0 Å². The van der Waals surface area contributed by atoms with E-state index in [-0.39, 0.29) is 11.3 Å². The summed E-state index contributed by atoms with van der Waals surface area (Å²) in [7, 11) is 1.70. The first-order chi connectivity index (χ1) is 15.2. The first-order valence-corrected chi connectivity index (χ1v) is 12.9. The number of rotatable bonds is 5. The van der Waals surface area contributed by atoms with E-state index in [0.29, 0.717) is 36.2 Å². The number of carbonyl (C=O) groups is 1. The van der Waals surface area contributed by atoms with Crippen LogP contribution < -0.4 is 0 Å². The van der Waals surface area contributed by atoms with Gasteiger partial charge < -0.3 is 9.84 Å². The van der Waals surface area contributed by atoms with E-state index in [1.165, 1.54) is 32.1 Å². The van der Waals surface area contributed by atoms with Crippen molar-refractivity contribution < 1.29 is 14.6 Å². The molecule has 5 rings (SSSR count). The highest BCUT2D eigenvalue weighted by Gasteiger charge is 2.62. The van der Waals surface area contributed by atoms with Crippen LogP contribution in [0.2, 0.25) is 0 Å². The fourth-order valence-corrected chi connectivity index (χ4v) is 9.07. The second-order valence-electron chi connectivity index (χ2n) is 12.4. The first kappa shape index (κ1) is 22.6. The number of carbonyl (C=O) groups excluding carboxylic acids is 1. The summed E-state index contributed by atoms with van der Waals surface area (Å²) in [6, 6.07) is 0. The third-order valence-electron chi connectivity index (χ3n) is 10.7. The number of nitrogens with zero attached hydrogens (tertiary/aromatic N) is 2. The number of methoxy groups -OCH3 is 1. The molecular formula is C27H42N2O3. The zero-order valence-electron chi connectivity index (χ0n) is 20.5. The molecular weight excluding hydrogens is 400 g/mol. The van der Waals surface area contributed by atoms with E-state index in [9.17, 15) is 9.90 Å².